The molecule has 0 radical (unpaired) electrons. The van der Waals surface area contributed by atoms with Gasteiger partial charge in [-0.1, -0.05) is 6.07 Å². The van der Waals surface area contributed by atoms with Gasteiger partial charge in [0.05, 0.1) is 22.7 Å². The van der Waals surface area contributed by atoms with Gasteiger partial charge in [0.15, 0.2) is 0 Å². The van der Waals surface area contributed by atoms with E-state index >= 15 is 0 Å². The number of benzene rings is 1. The fourth-order valence-electron chi connectivity index (χ4n) is 1.99. The zero-order chi connectivity index (χ0) is 18.2. The van der Waals surface area contributed by atoms with E-state index in [1.807, 2.05) is 41.9 Å². The van der Waals surface area contributed by atoms with Gasteiger partial charge in [-0.3, -0.25) is 4.79 Å². The fourth-order valence-corrected chi connectivity index (χ4v) is 2.68. The summed E-state index contributed by atoms with van der Waals surface area (Å²) in [4.78, 5) is 22.0. The largest absolute Gasteiger partial charge is 0.462 e. The van der Waals surface area contributed by atoms with E-state index in [4.69, 9.17) is 4.74 Å². The third-order valence-electron chi connectivity index (χ3n) is 3.01. The first-order chi connectivity index (χ1) is 12.0. The standard InChI is InChI=1S/C16H14N2O2S.C2H3ClO/c1-2-20-16(19)12-5-7-13(8-6-12)18-10-9-14(17-18)15-4-3-11-21-15;1-2(3)4/h3-11H,2H2,1H3;1H3. The van der Waals surface area contributed by atoms with Crippen LogP contribution in [0.5, 0.6) is 0 Å². The van der Waals surface area contributed by atoms with E-state index in [9.17, 15) is 9.59 Å². The lowest BCUT2D eigenvalue weighted by molar-refractivity contribution is -0.109. The highest BCUT2D eigenvalue weighted by molar-refractivity contribution is 7.13. The zero-order valence-electron chi connectivity index (χ0n) is 13.8. The molecule has 0 aliphatic carbocycles. The van der Waals surface area contributed by atoms with Crippen LogP contribution in [0, 0.1) is 0 Å². The van der Waals surface area contributed by atoms with Crippen molar-refractivity contribution in [1.82, 2.24) is 9.78 Å². The molecule has 0 unspecified atom stereocenters. The summed E-state index contributed by atoms with van der Waals surface area (Å²) >= 11 is 6.30. The van der Waals surface area contributed by atoms with Crippen molar-refractivity contribution >= 4 is 34.1 Å². The first-order valence-electron chi connectivity index (χ1n) is 7.54. The number of esters is 1. The zero-order valence-corrected chi connectivity index (χ0v) is 15.4. The Kier molecular flexibility index (Phi) is 6.91. The quantitative estimate of drug-likeness (QED) is 0.495. The summed E-state index contributed by atoms with van der Waals surface area (Å²) in [5, 5.41) is 6.21. The number of rotatable bonds is 4. The molecule has 0 spiro atoms. The smallest absolute Gasteiger partial charge is 0.338 e. The predicted molar refractivity (Wildman–Crippen MR) is 99.4 cm³/mol. The van der Waals surface area contributed by atoms with Gasteiger partial charge < -0.3 is 4.74 Å². The lowest BCUT2D eigenvalue weighted by Gasteiger charge is -2.04. The second kappa shape index (κ2) is 9.15. The Morgan fingerprint density at radius 2 is 1.88 bits per heavy atom. The van der Waals surface area contributed by atoms with Crippen molar-refractivity contribution in [2.45, 2.75) is 13.8 Å². The minimum Gasteiger partial charge on any atom is -0.462 e. The van der Waals surface area contributed by atoms with Gasteiger partial charge in [-0.15, -0.1) is 11.3 Å². The highest BCUT2D eigenvalue weighted by Crippen LogP contribution is 2.23. The van der Waals surface area contributed by atoms with E-state index in [1.54, 1.807) is 35.1 Å². The molecule has 1 aromatic carbocycles. The maximum atomic E-state index is 11.6. The Hall–Kier alpha value is -2.44. The topological polar surface area (TPSA) is 61.2 Å². The molecule has 25 heavy (non-hydrogen) atoms. The first-order valence-corrected chi connectivity index (χ1v) is 8.80. The average molecular weight is 377 g/mol. The Bertz CT molecular complexity index is 822. The van der Waals surface area contributed by atoms with E-state index in [-0.39, 0.29) is 11.2 Å². The van der Waals surface area contributed by atoms with Gasteiger partial charge in [0.1, 0.15) is 5.69 Å². The molecule has 0 aliphatic rings. The van der Waals surface area contributed by atoms with Crippen LogP contribution in [-0.4, -0.2) is 27.6 Å². The van der Waals surface area contributed by atoms with E-state index in [0.29, 0.717) is 12.2 Å². The van der Waals surface area contributed by atoms with Crippen LogP contribution in [0.15, 0.2) is 54.0 Å². The van der Waals surface area contributed by atoms with E-state index in [1.165, 1.54) is 6.92 Å². The maximum absolute atomic E-state index is 11.6. The lowest BCUT2D eigenvalue weighted by Crippen LogP contribution is -2.04. The second-order valence-corrected chi connectivity index (χ2v) is 6.34. The van der Waals surface area contributed by atoms with E-state index in [2.05, 4.69) is 16.7 Å². The highest BCUT2D eigenvalue weighted by atomic mass is 35.5. The minimum absolute atomic E-state index is 0.302. The number of hydrogen-bond acceptors (Lipinski definition) is 5. The van der Waals surface area contributed by atoms with Gasteiger partial charge in [0.2, 0.25) is 5.24 Å². The molecule has 0 bridgehead atoms. The summed E-state index contributed by atoms with van der Waals surface area (Å²) < 4.78 is 6.76. The van der Waals surface area contributed by atoms with Crippen LogP contribution in [0.2, 0.25) is 0 Å². The number of halogens is 1. The third kappa shape index (κ3) is 5.55. The molecule has 3 aromatic rings. The SMILES string of the molecule is CC(=O)Cl.CCOC(=O)c1ccc(-n2ccc(-c3cccs3)n2)cc1. The molecule has 0 saturated carbocycles. The Morgan fingerprint density at radius 1 is 1.20 bits per heavy atom. The fraction of sp³-hybridized carbons (Fsp3) is 0.167. The van der Waals surface area contributed by atoms with Gasteiger partial charge in [0, 0.05) is 13.1 Å². The number of carbonyl (C=O) groups is 2. The summed E-state index contributed by atoms with van der Waals surface area (Å²) in [7, 11) is 0. The number of nitrogens with zero attached hydrogens (tertiary/aromatic N) is 2. The molecule has 0 atom stereocenters. The van der Waals surface area contributed by atoms with Crippen molar-refractivity contribution in [3.63, 3.8) is 0 Å². The summed E-state index contributed by atoms with van der Waals surface area (Å²) in [6.45, 7) is 3.47. The van der Waals surface area contributed by atoms with Crippen LogP contribution in [0.4, 0.5) is 0 Å². The van der Waals surface area contributed by atoms with Gasteiger partial charge in [0.25, 0.3) is 0 Å². The van der Waals surface area contributed by atoms with Crippen molar-refractivity contribution in [2.24, 2.45) is 0 Å². The minimum atomic E-state index is -0.361. The third-order valence-corrected chi connectivity index (χ3v) is 3.90. The number of ether oxygens (including phenoxy) is 1. The summed E-state index contributed by atoms with van der Waals surface area (Å²) in [6.07, 6.45) is 1.91. The van der Waals surface area contributed by atoms with Gasteiger partial charge in [-0.2, -0.15) is 5.10 Å². The van der Waals surface area contributed by atoms with Crippen molar-refractivity contribution in [2.75, 3.05) is 6.61 Å². The monoisotopic (exact) mass is 376 g/mol. The van der Waals surface area contributed by atoms with Crippen molar-refractivity contribution in [3.8, 4) is 16.3 Å². The number of aromatic nitrogens is 2. The molecule has 0 amide bonds. The second-order valence-electron chi connectivity index (χ2n) is 4.86. The number of carbonyl (C=O) groups excluding carboxylic acids is 2. The van der Waals surface area contributed by atoms with Crippen molar-refractivity contribution in [1.29, 1.82) is 0 Å². The molecule has 2 heterocycles. The molecule has 0 N–H and O–H groups in total. The molecule has 0 fully saturated rings. The summed E-state index contributed by atoms with van der Waals surface area (Å²) in [5.41, 5.74) is 2.40. The van der Waals surface area contributed by atoms with Gasteiger partial charge >= 0.3 is 5.97 Å². The summed E-state index contributed by atoms with van der Waals surface area (Å²) in [5.74, 6) is -0.302. The van der Waals surface area contributed by atoms with Crippen LogP contribution >= 0.6 is 22.9 Å². The van der Waals surface area contributed by atoms with Gasteiger partial charge in [-0.05, 0) is 60.3 Å². The molecule has 5 nitrogen and oxygen atoms in total. The Balaban J connectivity index is 0.000000511. The normalized spacial score (nSPS) is 9.88. The van der Waals surface area contributed by atoms with E-state index in [0.717, 1.165) is 16.3 Å². The molecule has 3 rings (SSSR count). The van der Waals surface area contributed by atoms with Crippen LogP contribution in [-0.2, 0) is 9.53 Å². The van der Waals surface area contributed by atoms with Crippen molar-refractivity contribution in [3.05, 3.63) is 59.6 Å². The van der Waals surface area contributed by atoms with E-state index < -0.39 is 0 Å². The van der Waals surface area contributed by atoms with Gasteiger partial charge in [-0.25, -0.2) is 9.48 Å². The lowest BCUT2D eigenvalue weighted by atomic mass is 10.2. The molecular formula is C18H17ClN2O3S. The number of hydrogen-bond donors (Lipinski definition) is 0. The highest BCUT2D eigenvalue weighted by Gasteiger charge is 2.08. The molecule has 130 valence electrons. The molecular weight excluding hydrogens is 360 g/mol. The van der Waals surface area contributed by atoms with Crippen molar-refractivity contribution < 1.29 is 14.3 Å². The molecule has 7 heteroatoms. The van der Waals surface area contributed by atoms with Crippen LogP contribution in [0.3, 0.4) is 0 Å². The predicted octanol–water partition coefficient (Wildman–Crippen LogP) is 4.55. The number of thiophene rings is 1. The Labute approximate surface area is 154 Å². The summed E-state index contributed by atoms with van der Waals surface area (Å²) in [6, 6.07) is 13.2. The van der Waals surface area contributed by atoms with Crippen LogP contribution in [0.25, 0.3) is 16.3 Å². The molecule has 0 saturated heterocycles. The molecule has 2 aromatic heterocycles. The Morgan fingerprint density at radius 3 is 2.44 bits per heavy atom. The van der Waals surface area contributed by atoms with Crippen LogP contribution < -0.4 is 0 Å². The average Bonchev–Trinajstić information content (AvgIpc) is 3.26. The van der Waals surface area contributed by atoms with Crippen LogP contribution in [0.1, 0.15) is 24.2 Å². The maximum Gasteiger partial charge on any atom is 0.338 e. The molecule has 0 aliphatic heterocycles. The first kappa shape index (κ1) is 18.9.